The number of nitrogens with zero attached hydrogens (tertiary/aromatic N) is 1. The second kappa shape index (κ2) is 2.81. The fraction of sp³-hybridized carbons (Fsp3) is 0.333. The minimum absolute atomic E-state index is 0.124. The van der Waals surface area contributed by atoms with E-state index in [-0.39, 0.29) is 11.9 Å². The highest BCUT2D eigenvalue weighted by atomic mass is 16.1. The molecule has 13 heavy (non-hydrogen) atoms. The number of aryl methyl sites for hydroxylation is 1. The maximum absolute atomic E-state index is 11.4. The zero-order chi connectivity index (χ0) is 9.42. The summed E-state index contributed by atoms with van der Waals surface area (Å²) in [5, 5.41) is 2.69. The van der Waals surface area contributed by atoms with Crippen molar-refractivity contribution < 1.29 is 4.79 Å². The molecule has 0 saturated carbocycles. The summed E-state index contributed by atoms with van der Waals surface area (Å²) in [6.45, 7) is 2.44. The van der Waals surface area contributed by atoms with Crippen LogP contribution in [0.4, 0.5) is 0 Å². The van der Waals surface area contributed by atoms with Crippen LogP contribution >= 0.6 is 0 Å². The number of hydrogen-bond acceptors (Lipinski definition) is 3. The summed E-state index contributed by atoms with van der Waals surface area (Å²) in [6.07, 6.45) is 1.63. The summed E-state index contributed by atoms with van der Waals surface area (Å²) < 4.78 is 0. The van der Waals surface area contributed by atoms with Gasteiger partial charge in [0.05, 0.1) is 0 Å². The van der Waals surface area contributed by atoms with Gasteiger partial charge in [-0.3, -0.25) is 9.78 Å². The van der Waals surface area contributed by atoms with Crippen LogP contribution in [0.3, 0.4) is 0 Å². The summed E-state index contributed by atoms with van der Waals surface area (Å²) in [4.78, 5) is 15.4. The Hall–Kier alpha value is -1.42. The van der Waals surface area contributed by atoms with Crippen molar-refractivity contribution in [2.45, 2.75) is 13.0 Å². The van der Waals surface area contributed by atoms with Crippen LogP contribution in [0.2, 0.25) is 0 Å². The van der Waals surface area contributed by atoms with Gasteiger partial charge in [-0.15, -0.1) is 0 Å². The lowest BCUT2D eigenvalue weighted by Gasteiger charge is -2.23. The molecule has 1 unspecified atom stereocenters. The van der Waals surface area contributed by atoms with Gasteiger partial charge in [-0.05, 0) is 18.6 Å². The molecule has 1 aromatic heterocycles. The van der Waals surface area contributed by atoms with Crippen molar-refractivity contribution >= 4 is 5.91 Å². The lowest BCUT2D eigenvalue weighted by atomic mass is 9.97. The Bertz CT molecular complexity index is 362. The normalized spacial score (nSPS) is 20.8. The van der Waals surface area contributed by atoms with Gasteiger partial charge in [0, 0.05) is 24.3 Å². The third kappa shape index (κ3) is 1.19. The second-order valence-corrected chi connectivity index (χ2v) is 3.21. The molecule has 0 radical (unpaired) electrons. The molecule has 0 bridgehead atoms. The van der Waals surface area contributed by atoms with Crippen LogP contribution in [0.1, 0.15) is 27.7 Å². The minimum atomic E-state index is -0.125. The first-order valence-corrected chi connectivity index (χ1v) is 4.19. The summed E-state index contributed by atoms with van der Waals surface area (Å²) in [5.74, 6) is -0.125. The van der Waals surface area contributed by atoms with E-state index < -0.39 is 0 Å². The number of nitrogens with one attached hydrogen (secondary N) is 1. The Labute approximate surface area is 76.2 Å². The van der Waals surface area contributed by atoms with Crippen molar-refractivity contribution in [2.24, 2.45) is 5.73 Å². The number of nitrogens with two attached hydrogens (primary N) is 1. The molecule has 1 atom stereocenters. The van der Waals surface area contributed by atoms with Gasteiger partial charge in [-0.25, -0.2) is 0 Å². The summed E-state index contributed by atoms with van der Waals surface area (Å²) in [6, 6.07) is 1.75. The smallest absolute Gasteiger partial charge is 0.270 e. The van der Waals surface area contributed by atoms with E-state index in [1.165, 1.54) is 0 Å². The molecule has 0 fully saturated rings. The number of rotatable bonds is 0. The van der Waals surface area contributed by atoms with Gasteiger partial charge in [-0.2, -0.15) is 0 Å². The van der Waals surface area contributed by atoms with E-state index in [1.807, 2.05) is 13.0 Å². The van der Waals surface area contributed by atoms with Gasteiger partial charge >= 0.3 is 0 Å². The Morgan fingerprint density at radius 2 is 2.46 bits per heavy atom. The Morgan fingerprint density at radius 1 is 1.69 bits per heavy atom. The molecule has 1 amide bonds. The number of fused-ring (bicyclic) bond motifs is 1. The predicted octanol–water partition coefficient (Wildman–Crippen LogP) is 0.133. The lowest BCUT2D eigenvalue weighted by Crippen LogP contribution is -2.39. The first kappa shape index (κ1) is 8.19. The van der Waals surface area contributed by atoms with Gasteiger partial charge in [0.2, 0.25) is 0 Å². The van der Waals surface area contributed by atoms with Gasteiger partial charge < -0.3 is 11.1 Å². The molecule has 0 saturated heterocycles. The largest absolute Gasteiger partial charge is 0.349 e. The number of amides is 1. The molecule has 1 aromatic rings. The van der Waals surface area contributed by atoms with Gasteiger partial charge in [0.1, 0.15) is 5.69 Å². The zero-order valence-electron chi connectivity index (χ0n) is 7.37. The van der Waals surface area contributed by atoms with E-state index in [0.717, 1.165) is 11.1 Å². The van der Waals surface area contributed by atoms with E-state index in [2.05, 4.69) is 10.3 Å². The van der Waals surface area contributed by atoms with Crippen LogP contribution in [0.15, 0.2) is 12.3 Å². The van der Waals surface area contributed by atoms with Gasteiger partial charge in [0.25, 0.3) is 5.91 Å². The Kier molecular flexibility index (Phi) is 1.77. The van der Waals surface area contributed by atoms with Gasteiger partial charge in [0.15, 0.2) is 0 Å². The minimum Gasteiger partial charge on any atom is -0.349 e. The predicted molar refractivity (Wildman–Crippen MR) is 48.2 cm³/mol. The Morgan fingerprint density at radius 3 is 3.15 bits per heavy atom. The average molecular weight is 177 g/mol. The van der Waals surface area contributed by atoms with E-state index >= 15 is 0 Å². The molecule has 3 N–H and O–H groups in total. The SMILES string of the molecule is Cc1ccnc2c1C(N)CNC2=O. The van der Waals surface area contributed by atoms with Crippen molar-refractivity contribution in [2.75, 3.05) is 6.54 Å². The molecule has 1 aliphatic heterocycles. The third-order valence-corrected chi connectivity index (χ3v) is 2.28. The second-order valence-electron chi connectivity index (χ2n) is 3.21. The van der Waals surface area contributed by atoms with Crippen LogP contribution < -0.4 is 11.1 Å². The molecule has 4 heteroatoms. The molecule has 4 nitrogen and oxygen atoms in total. The van der Waals surface area contributed by atoms with Crippen LogP contribution in [0.25, 0.3) is 0 Å². The van der Waals surface area contributed by atoms with E-state index in [9.17, 15) is 4.79 Å². The summed E-state index contributed by atoms with van der Waals surface area (Å²) in [5.41, 5.74) is 8.24. The maximum Gasteiger partial charge on any atom is 0.270 e. The van der Waals surface area contributed by atoms with Crippen molar-refractivity contribution in [1.82, 2.24) is 10.3 Å². The number of aromatic nitrogens is 1. The highest BCUT2D eigenvalue weighted by molar-refractivity contribution is 5.95. The average Bonchev–Trinajstić information content (AvgIpc) is 2.12. The van der Waals surface area contributed by atoms with Crippen LogP contribution in [-0.2, 0) is 0 Å². The molecular formula is C9H11N3O. The molecule has 1 aliphatic rings. The van der Waals surface area contributed by atoms with Crippen LogP contribution in [0, 0.1) is 6.92 Å². The lowest BCUT2D eigenvalue weighted by molar-refractivity contribution is 0.0934. The van der Waals surface area contributed by atoms with Crippen molar-refractivity contribution in [3.8, 4) is 0 Å². The van der Waals surface area contributed by atoms with Crippen molar-refractivity contribution in [3.63, 3.8) is 0 Å². The summed E-state index contributed by atoms with van der Waals surface area (Å²) >= 11 is 0. The monoisotopic (exact) mass is 177 g/mol. The highest BCUT2D eigenvalue weighted by Crippen LogP contribution is 2.21. The fourth-order valence-electron chi connectivity index (χ4n) is 1.61. The maximum atomic E-state index is 11.4. The molecule has 2 heterocycles. The molecule has 0 aliphatic carbocycles. The molecule has 2 rings (SSSR count). The number of hydrogen-bond donors (Lipinski definition) is 2. The van der Waals surface area contributed by atoms with E-state index in [0.29, 0.717) is 12.2 Å². The zero-order valence-corrected chi connectivity index (χ0v) is 7.37. The van der Waals surface area contributed by atoms with Gasteiger partial charge in [-0.1, -0.05) is 0 Å². The molecule has 68 valence electrons. The summed E-state index contributed by atoms with van der Waals surface area (Å²) in [7, 11) is 0. The molecule has 0 spiro atoms. The van der Waals surface area contributed by atoms with E-state index in [1.54, 1.807) is 6.20 Å². The van der Waals surface area contributed by atoms with E-state index in [4.69, 9.17) is 5.73 Å². The van der Waals surface area contributed by atoms with Crippen LogP contribution in [0.5, 0.6) is 0 Å². The molecular weight excluding hydrogens is 166 g/mol. The standard InChI is InChI=1S/C9H11N3O/c1-5-2-3-11-8-7(5)6(10)4-12-9(8)13/h2-3,6H,4,10H2,1H3,(H,12,13). The van der Waals surface area contributed by atoms with Crippen LogP contribution in [-0.4, -0.2) is 17.4 Å². The topological polar surface area (TPSA) is 68.0 Å². The quantitative estimate of drug-likeness (QED) is 0.592. The Balaban J connectivity index is 2.63. The third-order valence-electron chi connectivity index (χ3n) is 2.28. The fourth-order valence-corrected chi connectivity index (χ4v) is 1.61. The highest BCUT2D eigenvalue weighted by Gasteiger charge is 2.24. The number of carbonyl (C=O) groups is 1. The first-order valence-electron chi connectivity index (χ1n) is 4.19. The molecule has 0 aromatic carbocycles. The number of pyridine rings is 1. The van der Waals surface area contributed by atoms with Crippen molar-refractivity contribution in [3.05, 3.63) is 29.1 Å². The van der Waals surface area contributed by atoms with Crippen molar-refractivity contribution in [1.29, 1.82) is 0 Å². The first-order chi connectivity index (χ1) is 6.20. The number of carbonyl (C=O) groups excluding carboxylic acids is 1.